The van der Waals surface area contributed by atoms with E-state index < -0.39 is 12.6 Å². The molecule has 1 aromatic heterocycles. The lowest BCUT2D eigenvalue weighted by Crippen LogP contribution is -2.15. The van der Waals surface area contributed by atoms with E-state index in [1.54, 1.807) is 12.1 Å². The fourth-order valence-corrected chi connectivity index (χ4v) is 2.00. The average molecular weight is 325 g/mol. The summed E-state index contributed by atoms with van der Waals surface area (Å²) in [4.78, 5) is 15.8. The van der Waals surface area contributed by atoms with E-state index in [1.165, 1.54) is 23.9 Å². The number of rotatable bonds is 7. The third-order valence-electron chi connectivity index (χ3n) is 3.07. The fourth-order valence-electron chi connectivity index (χ4n) is 2.00. The number of aryl methyl sites for hydroxylation is 1. The number of hydrogen-bond donors (Lipinski definition) is 0. The molecule has 8 heteroatoms. The molecule has 0 aliphatic carbocycles. The molecule has 0 N–H and O–H groups in total. The van der Waals surface area contributed by atoms with Crippen molar-refractivity contribution in [2.75, 3.05) is 7.11 Å². The lowest BCUT2D eigenvalue weighted by molar-refractivity contribution is -0.141. The van der Waals surface area contributed by atoms with Gasteiger partial charge in [-0.15, -0.1) is 0 Å². The third-order valence-corrected chi connectivity index (χ3v) is 3.07. The summed E-state index contributed by atoms with van der Waals surface area (Å²) < 4.78 is 34.7. The van der Waals surface area contributed by atoms with Crippen molar-refractivity contribution in [2.45, 2.75) is 32.9 Å². The van der Waals surface area contributed by atoms with Crippen LogP contribution in [0.2, 0.25) is 0 Å². The fraction of sp³-hybridized carbons (Fsp3) is 0.400. The molecule has 0 spiro atoms. The first-order chi connectivity index (χ1) is 11.0. The SMILES string of the molecule is CCCc1nc(-c2ccc(OC(F)F)cc2)nn1CC(=O)OC. The molecule has 0 radical (unpaired) electrons. The van der Waals surface area contributed by atoms with Crippen LogP contribution >= 0.6 is 0 Å². The van der Waals surface area contributed by atoms with Gasteiger partial charge in [0.15, 0.2) is 5.82 Å². The highest BCUT2D eigenvalue weighted by Crippen LogP contribution is 2.21. The van der Waals surface area contributed by atoms with Gasteiger partial charge in [0.05, 0.1) is 7.11 Å². The quantitative estimate of drug-likeness (QED) is 0.732. The molecule has 2 rings (SSSR count). The van der Waals surface area contributed by atoms with Gasteiger partial charge in [-0.3, -0.25) is 4.79 Å². The van der Waals surface area contributed by atoms with Crippen molar-refractivity contribution in [1.82, 2.24) is 14.8 Å². The highest BCUT2D eigenvalue weighted by atomic mass is 19.3. The van der Waals surface area contributed by atoms with Gasteiger partial charge in [0.25, 0.3) is 0 Å². The summed E-state index contributed by atoms with van der Waals surface area (Å²) in [6.45, 7) is -0.895. The number of halogens is 2. The molecule has 6 nitrogen and oxygen atoms in total. The minimum Gasteiger partial charge on any atom is -0.468 e. The van der Waals surface area contributed by atoms with Crippen LogP contribution in [0.25, 0.3) is 11.4 Å². The second-order valence-electron chi connectivity index (χ2n) is 4.74. The molecule has 0 fully saturated rings. The zero-order chi connectivity index (χ0) is 16.8. The van der Waals surface area contributed by atoms with Gasteiger partial charge in [-0.2, -0.15) is 13.9 Å². The number of methoxy groups -OCH3 is 1. The Bertz CT molecular complexity index is 656. The highest BCUT2D eigenvalue weighted by molar-refractivity contribution is 5.69. The summed E-state index contributed by atoms with van der Waals surface area (Å²) >= 11 is 0. The summed E-state index contributed by atoms with van der Waals surface area (Å²) in [5.41, 5.74) is 0.646. The molecule has 2 aromatic rings. The number of hydrogen-bond acceptors (Lipinski definition) is 5. The molecule has 1 aromatic carbocycles. The van der Waals surface area contributed by atoms with Gasteiger partial charge in [-0.25, -0.2) is 9.67 Å². The lowest BCUT2D eigenvalue weighted by atomic mass is 10.2. The van der Waals surface area contributed by atoms with E-state index in [1.807, 2.05) is 6.92 Å². The Morgan fingerprint density at radius 3 is 2.57 bits per heavy atom. The number of carbonyl (C=O) groups excluding carboxylic acids is 1. The summed E-state index contributed by atoms with van der Waals surface area (Å²) in [7, 11) is 1.31. The Labute approximate surface area is 132 Å². The van der Waals surface area contributed by atoms with Gasteiger partial charge >= 0.3 is 12.6 Å². The molecule has 0 atom stereocenters. The maximum Gasteiger partial charge on any atom is 0.387 e. The van der Waals surface area contributed by atoms with E-state index in [4.69, 9.17) is 0 Å². The lowest BCUT2D eigenvalue weighted by Gasteiger charge is -2.04. The van der Waals surface area contributed by atoms with E-state index in [-0.39, 0.29) is 12.3 Å². The molecular formula is C15H17F2N3O3. The van der Waals surface area contributed by atoms with E-state index in [9.17, 15) is 13.6 Å². The maximum absolute atomic E-state index is 12.1. The Hall–Kier alpha value is -2.51. The maximum atomic E-state index is 12.1. The van der Waals surface area contributed by atoms with Crippen LogP contribution in [-0.4, -0.2) is 34.5 Å². The normalized spacial score (nSPS) is 10.8. The summed E-state index contributed by atoms with van der Waals surface area (Å²) in [6.07, 6.45) is 1.51. The first-order valence-corrected chi connectivity index (χ1v) is 7.09. The Kier molecular flexibility index (Phi) is 5.61. The number of ether oxygens (including phenoxy) is 2. The van der Waals surface area contributed by atoms with Crippen molar-refractivity contribution in [3.05, 3.63) is 30.1 Å². The van der Waals surface area contributed by atoms with Crippen molar-refractivity contribution in [3.8, 4) is 17.1 Å². The standard InChI is InChI=1S/C15H17F2N3O3/c1-3-4-12-18-14(19-20(12)9-13(21)22-2)10-5-7-11(8-6-10)23-15(16)17/h5-8,15H,3-4,9H2,1-2H3. The largest absolute Gasteiger partial charge is 0.468 e. The van der Waals surface area contributed by atoms with Crippen LogP contribution in [0, 0.1) is 0 Å². The minimum absolute atomic E-state index is 0.0224. The van der Waals surface area contributed by atoms with Crippen LogP contribution in [0.1, 0.15) is 19.2 Å². The van der Waals surface area contributed by atoms with Crippen molar-refractivity contribution < 1.29 is 23.0 Å². The molecule has 0 aliphatic heterocycles. The van der Waals surface area contributed by atoms with Crippen molar-refractivity contribution >= 4 is 5.97 Å². The van der Waals surface area contributed by atoms with Gasteiger partial charge in [0.2, 0.25) is 0 Å². The Morgan fingerprint density at radius 1 is 1.30 bits per heavy atom. The van der Waals surface area contributed by atoms with Crippen LogP contribution < -0.4 is 4.74 Å². The second-order valence-corrected chi connectivity index (χ2v) is 4.74. The zero-order valence-electron chi connectivity index (χ0n) is 12.8. The molecule has 1 heterocycles. The van der Waals surface area contributed by atoms with Gasteiger partial charge in [-0.05, 0) is 30.7 Å². The first kappa shape index (κ1) is 16.9. The van der Waals surface area contributed by atoms with Gasteiger partial charge in [0.1, 0.15) is 18.1 Å². The molecule has 124 valence electrons. The molecule has 0 bridgehead atoms. The van der Waals surface area contributed by atoms with E-state index in [0.29, 0.717) is 23.6 Å². The summed E-state index contributed by atoms with van der Waals surface area (Å²) in [6, 6.07) is 6.01. The van der Waals surface area contributed by atoms with Crippen LogP contribution in [0.5, 0.6) is 5.75 Å². The number of carbonyl (C=O) groups is 1. The van der Waals surface area contributed by atoms with Crippen LogP contribution in [0.4, 0.5) is 8.78 Å². The van der Waals surface area contributed by atoms with Gasteiger partial charge in [0, 0.05) is 12.0 Å². The first-order valence-electron chi connectivity index (χ1n) is 7.09. The smallest absolute Gasteiger partial charge is 0.387 e. The van der Waals surface area contributed by atoms with E-state index >= 15 is 0 Å². The minimum atomic E-state index is -2.87. The molecule has 0 aliphatic rings. The number of benzene rings is 1. The molecule has 23 heavy (non-hydrogen) atoms. The van der Waals surface area contributed by atoms with Crippen molar-refractivity contribution in [3.63, 3.8) is 0 Å². The third kappa shape index (κ3) is 4.48. The number of nitrogens with zero attached hydrogens (tertiary/aromatic N) is 3. The molecule has 0 unspecified atom stereocenters. The van der Waals surface area contributed by atoms with Crippen LogP contribution in [0.15, 0.2) is 24.3 Å². The highest BCUT2D eigenvalue weighted by Gasteiger charge is 2.14. The van der Waals surface area contributed by atoms with Crippen LogP contribution in [0.3, 0.4) is 0 Å². The number of alkyl halides is 2. The Morgan fingerprint density at radius 2 is 2.00 bits per heavy atom. The molecule has 0 saturated carbocycles. The Balaban J connectivity index is 2.24. The number of aromatic nitrogens is 3. The van der Waals surface area contributed by atoms with Gasteiger partial charge in [-0.1, -0.05) is 6.92 Å². The molecular weight excluding hydrogens is 308 g/mol. The summed E-state index contributed by atoms with van der Waals surface area (Å²) in [5, 5.41) is 4.29. The van der Waals surface area contributed by atoms with Crippen molar-refractivity contribution in [2.24, 2.45) is 0 Å². The number of esters is 1. The summed E-state index contributed by atoms with van der Waals surface area (Å²) in [5.74, 6) is 0.729. The molecule has 0 amide bonds. The van der Waals surface area contributed by atoms with Gasteiger partial charge < -0.3 is 9.47 Å². The second kappa shape index (κ2) is 7.66. The van der Waals surface area contributed by atoms with Crippen LogP contribution in [-0.2, 0) is 22.5 Å². The zero-order valence-corrected chi connectivity index (χ0v) is 12.8. The average Bonchev–Trinajstić information content (AvgIpc) is 2.90. The van der Waals surface area contributed by atoms with Crippen molar-refractivity contribution in [1.29, 1.82) is 0 Å². The monoisotopic (exact) mass is 325 g/mol. The predicted molar refractivity (Wildman–Crippen MR) is 78.1 cm³/mol. The van der Waals surface area contributed by atoms with E-state index in [2.05, 4.69) is 19.6 Å². The topological polar surface area (TPSA) is 66.2 Å². The predicted octanol–water partition coefficient (Wildman–Crippen LogP) is 2.67. The van der Waals surface area contributed by atoms with E-state index in [0.717, 1.165) is 6.42 Å². The molecule has 0 saturated heterocycles.